The van der Waals surface area contributed by atoms with Crippen molar-refractivity contribution in [2.24, 2.45) is 34.8 Å². The normalized spacial score (nSPS) is 34.6. The van der Waals surface area contributed by atoms with Crippen LogP contribution in [-0.4, -0.2) is 6.54 Å². The van der Waals surface area contributed by atoms with E-state index < -0.39 is 0 Å². The number of allylic oxidation sites excluding steroid dienone is 1. The van der Waals surface area contributed by atoms with Gasteiger partial charge in [0.05, 0.1) is 0 Å². The lowest BCUT2D eigenvalue weighted by Crippen LogP contribution is -2.34. The van der Waals surface area contributed by atoms with E-state index in [0.29, 0.717) is 5.41 Å². The maximum absolute atomic E-state index is 5.69. The fourth-order valence-corrected chi connectivity index (χ4v) is 3.82. The van der Waals surface area contributed by atoms with Gasteiger partial charge in [0, 0.05) is 0 Å². The van der Waals surface area contributed by atoms with Crippen LogP contribution in [0.5, 0.6) is 0 Å². The van der Waals surface area contributed by atoms with E-state index in [9.17, 15) is 0 Å². The maximum atomic E-state index is 5.69. The summed E-state index contributed by atoms with van der Waals surface area (Å²) in [6.45, 7) is 14.4. The number of rotatable bonds is 6. The third-order valence-electron chi connectivity index (χ3n) is 5.10. The monoisotopic (exact) mass is 251 g/mol. The van der Waals surface area contributed by atoms with Gasteiger partial charge in [-0.3, -0.25) is 0 Å². The summed E-state index contributed by atoms with van der Waals surface area (Å²) < 4.78 is 0. The highest BCUT2D eigenvalue weighted by Gasteiger charge is 2.37. The van der Waals surface area contributed by atoms with E-state index in [1.54, 1.807) is 0 Å². The first-order chi connectivity index (χ1) is 8.41. The molecule has 4 unspecified atom stereocenters. The third-order valence-corrected chi connectivity index (χ3v) is 5.10. The average molecular weight is 251 g/mol. The van der Waals surface area contributed by atoms with Crippen LogP contribution in [0.25, 0.3) is 0 Å². The summed E-state index contributed by atoms with van der Waals surface area (Å²) in [5.74, 6) is 3.35. The quantitative estimate of drug-likeness (QED) is 0.685. The van der Waals surface area contributed by atoms with Gasteiger partial charge in [-0.15, -0.1) is 6.58 Å². The van der Waals surface area contributed by atoms with Gasteiger partial charge in [0.1, 0.15) is 0 Å². The Morgan fingerprint density at radius 1 is 1.39 bits per heavy atom. The van der Waals surface area contributed by atoms with Gasteiger partial charge in [0.25, 0.3) is 0 Å². The van der Waals surface area contributed by atoms with Crippen molar-refractivity contribution < 1.29 is 0 Å². The molecule has 0 radical (unpaired) electrons. The van der Waals surface area contributed by atoms with Crippen LogP contribution >= 0.6 is 0 Å². The SMILES string of the molecule is C=CC1(C)CCC(C(C)C)C(CC(C)CCN)C1. The Bertz CT molecular complexity index is 258. The molecule has 0 aromatic heterocycles. The fraction of sp³-hybridized carbons (Fsp3) is 0.882. The molecule has 1 nitrogen and oxygen atoms in total. The molecule has 0 amide bonds. The van der Waals surface area contributed by atoms with Crippen LogP contribution in [0.2, 0.25) is 0 Å². The molecule has 1 heteroatoms. The Labute approximate surface area is 114 Å². The second kappa shape index (κ2) is 6.75. The Morgan fingerprint density at radius 2 is 2.06 bits per heavy atom. The van der Waals surface area contributed by atoms with Gasteiger partial charge in [-0.2, -0.15) is 0 Å². The molecular weight excluding hydrogens is 218 g/mol. The molecule has 0 aromatic carbocycles. The zero-order valence-electron chi connectivity index (χ0n) is 12.9. The minimum absolute atomic E-state index is 0.374. The van der Waals surface area contributed by atoms with Gasteiger partial charge in [0.2, 0.25) is 0 Å². The van der Waals surface area contributed by atoms with E-state index in [1.807, 2.05) is 0 Å². The zero-order valence-corrected chi connectivity index (χ0v) is 12.9. The average Bonchev–Trinajstić information content (AvgIpc) is 2.29. The lowest BCUT2D eigenvalue weighted by Gasteiger charge is -2.44. The lowest BCUT2D eigenvalue weighted by atomic mass is 9.61. The largest absolute Gasteiger partial charge is 0.330 e. The van der Waals surface area contributed by atoms with Crippen LogP contribution in [-0.2, 0) is 0 Å². The van der Waals surface area contributed by atoms with Gasteiger partial charge >= 0.3 is 0 Å². The molecule has 0 aliphatic heterocycles. The molecule has 0 aromatic rings. The van der Waals surface area contributed by atoms with Crippen molar-refractivity contribution in [1.29, 1.82) is 0 Å². The van der Waals surface area contributed by atoms with Gasteiger partial charge in [-0.25, -0.2) is 0 Å². The van der Waals surface area contributed by atoms with Crippen LogP contribution in [0.1, 0.15) is 59.8 Å². The van der Waals surface area contributed by atoms with Crippen molar-refractivity contribution in [3.63, 3.8) is 0 Å². The van der Waals surface area contributed by atoms with E-state index >= 15 is 0 Å². The summed E-state index contributed by atoms with van der Waals surface area (Å²) in [7, 11) is 0. The van der Waals surface area contributed by atoms with Crippen LogP contribution in [0.15, 0.2) is 12.7 Å². The van der Waals surface area contributed by atoms with Gasteiger partial charge in [0.15, 0.2) is 0 Å². The molecule has 4 atom stereocenters. The summed E-state index contributed by atoms with van der Waals surface area (Å²) in [6, 6.07) is 0. The number of nitrogens with two attached hydrogens (primary N) is 1. The molecule has 1 aliphatic carbocycles. The molecule has 0 spiro atoms. The minimum Gasteiger partial charge on any atom is -0.330 e. The first-order valence-electron chi connectivity index (χ1n) is 7.75. The van der Waals surface area contributed by atoms with E-state index in [0.717, 1.165) is 30.2 Å². The fourth-order valence-electron chi connectivity index (χ4n) is 3.82. The predicted molar refractivity (Wildman–Crippen MR) is 81.4 cm³/mol. The summed E-state index contributed by atoms with van der Waals surface area (Å²) >= 11 is 0. The van der Waals surface area contributed by atoms with Crippen molar-refractivity contribution in [2.75, 3.05) is 6.54 Å². The highest BCUT2D eigenvalue weighted by atomic mass is 14.5. The Hall–Kier alpha value is -0.300. The van der Waals surface area contributed by atoms with E-state index in [-0.39, 0.29) is 0 Å². The van der Waals surface area contributed by atoms with E-state index in [2.05, 4.69) is 40.3 Å². The molecule has 0 heterocycles. The van der Waals surface area contributed by atoms with E-state index in [1.165, 1.54) is 32.1 Å². The summed E-state index contributed by atoms with van der Waals surface area (Å²) in [5.41, 5.74) is 6.07. The molecular formula is C17H33N. The topological polar surface area (TPSA) is 26.0 Å². The van der Waals surface area contributed by atoms with Crippen molar-refractivity contribution in [2.45, 2.75) is 59.8 Å². The Balaban J connectivity index is 2.69. The highest BCUT2D eigenvalue weighted by molar-refractivity contribution is 4.98. The summed E-state index contributed by atoms with van der Waals surface area (Å²) in [5, 5.41) is 0. The Kier molecular flexibility index (Phi) is 5.91. The molecule has 0 bridgehead atoms. The molecule has 18 heavy (non-hydrogen) atoms. The van der Waals surface area contributed by atoms with Crippen molar-refractivity contribution >= 4 is 0 Å². The van der Waals surface area contributed by atoms with Gasteiger partial charge < -0.3 is 5.73 Å². The molecule has 1 aliphatic rings. The lowest BCUT2D eigenvalue weighted by molar-refractivity contribution is 0.0879. The molecule has 1 saturated carbocycles. The van der Waals surface area contributed by atoms with Crippen molar-refractivity contribution in [3.8, 4) is 0 Å². The highest BCUT2D eigenvalue weighted by Crippen LogP contribution is 2.47. The summed E-state index contributed by atoms with van der Waals surface area (Å²) in [6.07, 6.45) is 8.75. The second-order valence-corrected chi connectivity index (χ2v) is 7.19. The molecule has 0 saturated heterocycles. The van der Waals surface area contributed by atoms with Gasteiger partial charge in [-0.1, -0.05) is 33.8 Å². The molecule has 1 fully saturated rings. The molecule has 106 valence electrons. The maximum Gasteiger partial charge on any atom is -0.00747 e. The number of hydrogen-bond acceptors (Lipinski definition) is 1. The number of hydrogen-bond donors (Lipinski definition) is 1. The first-order valence-corrected chi connectivity index (χ1v) is 7.75. The van der Waals surface area contributed by atoms with Crippen molar-refractivity contribution in [1.82, 2.24) is 0 Å². The van der Waals surface area contributed by atoms with Crippen LogP contribution in [0.4, 0.5) is 0 Å². The van der Waals surface area contributed by atoms with Crippen LogP contribution in [0.3, 0.4) is 0 Å². The summed E-state index contributed by atoms with van der Waals surface area (Å²) in [4.78, 5) is 0. The smallest absolute Gasteiger partial charge is 0.00747 e. The molecule has 1 rings (SSSR count). The Morgan fingerprint density at radius 3 is 2.56 bits per heavy atom. The second-order valence-electron chi connectivity index (χ2n) is 7.19. The van der Waals surface area contributed by atoms with Crippen molar-refractivity contribution in [3.05, 3.63) is 12.7 Å². The van der Waals surface area contributed by atoms with Gasteiger partial charge in [-0.05, 0) is 67.7 Å². The minimum atomic E-state index is 0.374. The first kappa shape index (κ1) is 15.8. The standard InChI is InChI=1S/C17H33N/c1-6-17(5)9-7-16(13(2)3)15(12-17)11-14(4)8-10-18/h6,13-16H,1,7-12,18H2,2-5H3. The van der Waals surface area contributed by atoms with Crippen LogP contribution in [0, 0.1) is 29.1 Å². The van der Waals surface area contributed by atoms with E-state index in [4.69, 9.17) is 5.73 Å². The molecule has 2 N–H and O–H groups in total. The van der Waals surface area contributed by atoms with Crippen LogP contribution < -0.4 is 5.73 Å². The zero-order chi connectivity index (χ0) is 13.8. The third kappa shape index (κ3) is 4.12. The predicted octanol–water partition coefficient (Wildman–Crippen LogP) is 4.63.